The Morgan fingerprint density at radius 2 is 2.18 bits per heavy atom. The molecule has 0 bridgehead atoms. The van der Waals surface area contributed by atoms with E-state index in [4.69, 9.17) is 32.7 Å². The topological polar surface area (TPSA) is 35.5 Å². The highest BCUT2D eigenvalue weighted by molar-refractivity contribution is 6.32. The molecular formula is C12H14Cl2O3. The van der Waals surface area contributed by atoms with Crippen molar-refractivity contribution in [2.24, 2.45) is 0 Å². The Hall–Kier alpha value is -0.930. The lowest BCUT2D eigenvalue weighted by Gasteiger charge is -2.10. The van der Waals surface area contributed by atoms with Gasteiger partial charge < -0.3 is 9.47 Å². The molecule has 1 rings (SSSR count). The first-order valence-corrected chi connectivity index (χ1v) is 6.03. The predicted octanol–water partition coefficient (Wildman–Crippen LogP) is 3.06. The van der Waals surface area contributed by atoms with E-state index in [9.17, 15) is 4.79 Å². The number of halogens is 2. The summed E-state index contributed by atoms with van der Waals surface area (Å²) in [4.78, 5) is 11.4. The maximum Gasteiger partial charge on any atom is 0.324 e. The summed E-state index contributed by atoms with van der Waals surface area (Å²) in [7, 11) is 1.54. The van der Waals surface area contributed by atoms with Gasteiger partial charge in [-0.25, -0.2) is 0 Å². The normalized spacial score (nSPS) is 12.0. The summed E-state index contributed by atoms with van der Waals surface area (Å²) in [6.45, 7) is 2.07. The Kier molecular flexibility index (Phi) is 5.59. The summed E-state index contributed by atoms with van der Waals surface area (Å²) in [5.74, 6) is 0.153. The molecule has 0 saturated carbocycles. The standard InChI is InChI=1S/C12H14Cl2O3/c1-3-17-12(15)10(14)6-8-4-5-9(13)11(7-8)16-2/h4-5,7,10H,3,6H2,1-2H3. The molecule has 0 aliphatic rings. The second kappa shape index (κ2) is 6.72. The predicted molar refractivity (Wildman–Crippen MR) is 68.0 cm³/mol. The average Bonchev–Trinajstić information content (AvgIpc) is 2.31. The lowest BCUT2D eigenvalue weighted by atomic mass is 10.1. The van der Waals surface area contributed by atoms with E-state index in [0.29, 0.717) is 23.8 Å². The number of hydrogen-bond acceptors (Lipinski definition) is 3. The van der Waals surface area contributed by atoms with Crippen LogP contribution in [-0.2, 0) is 16.0 Å². The maximum absolute atomic E-state index is 11.4. The molecule has 0 heterocycles. The Morgan fingerprint density at radius 3 is 2.76 bits per heavy atom. The first-order valence-electron chi connectivity index (χ1n) is 5.21. The molecule has 0 amide bonds. The number of carbonyl (C=O) groups is 1. The minimum absolute atomic E-state index is 0.325. The van der Waals surface area contributed by atoms with Crippen molar-refractivity contribution in [3.8, 4) is 5.75 Å². The highest BCUT2D eigenvalue weighted by Crippen LogP contribution is 2.26. The van der Waals surface area contributed by atoms with E-state index < -0.39 is 11.3 Å². The Labute approximate surface area is 111 Å². The Morgan fingerprint density at radius 1 is 1.47 bits per heavy atom. The van der Waals surface area contributed by atoms with Crippen LogP contribution in [0.3, 0.4) is 0 Å². The van der Waals surface area contributed by atoms with Crippen LogP contribution in [-0.4, -0.2) is 25.1 Å². The summed E-state index contributed by atoms with van der Waals surface area (Å²) in [6.07, 6.45) is 0.383. The van der Waals surface area contributed by atoms with Gasteiger partial charge in [0.2, 0.25) is 0 Å². The highest BCUT2D eigenvalue weighted by Gasteiger charge is 2.17. The van der Waals surface area contributed by atoms with Crippen LogP contribution in [0.15, 0.2) is 18.2 Å². The smallest absolute Gasteiger partial charge is 0.324 e. The Bertz CT molecular complexity index is 393. The van der Waals surface area contributed by atoms with Crippen molar-refractivity contribution in [2.45, 2.75) is 18.7 Å². The highest BCUT2D eigenvalue weighted by atomic mass is 35.5. The van der Waals surface area contributed by atoms with Gasteiger partial charge in [0, 0.05) is 0 Å². The third-order valence-corrected chi connectivity index (χ3v) is 2.82. The molecule has 0 aromatic heterocycles. The van der Waals surface area contributed by atoms with Crippen molar-refractivity contribution >= 4 is 29.2 Å². The van der Waals surface area contributed by atoms with E-state index >= 15 is 0 Å². The van der Waals surface area contributed by atoms with Gasteiger partial charge in [-0.3, -0.25) is 4.79 Å². The van der Waals surface area contributed by atoms with Gasteiger partial charge >= 0.3 is 5.97 Å². The van der Waals surface area contributed by atoms with E-state index in [1.165, 1.54) is 7.11 Å². The molecule has 0 aliphatic heterocycles. The van der Waals surface area contributed by atoms with Crippen LogP contribution >= 0.6 is 23.2 Å². The fourth-order valence-corrected chi connectivity index (χ4v) is 1.79. The number of carbonyl (C=O) groups excluding carboxylic acids is 1. The fraction of sp³-hybridized carbons (Fsp3) is 0.417. The van der Waals surface area contributed by atoms with E-state index in [1.807, 2.05) is 0 Å². The second-order valence-electron chi connectivity index (χ2n) is 3.39. The molecular weight excluding hydrogens is 263 g/mol. The van der Waals surface area contributed by atoms with Crippen LogP contribution in [0.2, 0.25) is 5.02 Å². The zero-order chi connectivity index (χ0) is 12.8. The molecule has 94 valence electrons. The van der Waals surface area contributed by atoms with Crippen LogP contribution in [0.5, 0.6) is 5.75 Å². The van der Waals surface area contributed by atoms with E-state index in [-0.39, 0.29) is 0 Å². The van der Waals surface area contributed by atoms with E-state index in [0.717, 1.165) is 5.56 Å². The molecule has 0 N–H and O–H groups in total. The van der Waals surface area contributed by atoms with Crippen molar-refractivity contribution in [3.05, 3.63) is 28.8 Å². The van der Waals surface area contributed by atoms with Crippen molar-refractivity contribution in [1.29, 1.82) is 0 Å². The largest absolute Gasteiger partial charge is 0.495 e. The molecule has 3 nitrogen and oxygen atoms in total. The zero-order valence-electron chi connectivity index (χ0n) is 9.70. The van der Waals surface area contributed by atoms with Crippen LogP contribution < -0.4 is 4.74 Å². The quantitative estimate of drug-likeness (QED) is 0.613. The summed E-state index contributed by atoms with van der Waals surface area (Å²) in [5, 5.41) is -0.167. The van der Waals surface area contributed by atoms with Crippen LogP contribution in [0, 0.1) is 0 Å². The molecule has 1 atom stereocenters. The van der Waals surface area contributed by atoms with Crippen molar-refractivity contribution in [1.82, 2.24) is 0 Å². The van der Waals surface area contributed by atoms with Gasteiger partial charge in [0.15, 0.2) is 0 Å². The monoisotopic (exact) mass is 276 g/mol. The van der Waals surface area contributed by atoms with Crippen molar-refractivity contribution < 1.29 is 14.3 Å². The van der Waals surface area contributed by atoms with Gasteiger partial charge in [-0.15, -0.1) is 11.6 Å². The second-order valence-corrected chi connectivity index (χ2v) is 4.33. The first-order chi connectivity index (χ1) is 8.08. The fourth-order valence-electron chi connectivity index (χ4n) is 1.35. The number of methoxy groups -OCH3 is 1. The number of rotatable bonds is 5. The van der Waals surface area contributed by atoms with Gasteiger partial charge in [-0.05, 0) is 31.0 Å². The van der Waals surface area contributed by atoms with Crippen molar-refractivity contribution in [2.75, 3.05) is 13.7 Å². The molecule has 1 aromatic carbocycles. The van der Waals surface area contributed by atoms with Crippen LogP contribution in [0.1, 0.15) is 12.5 Å². The minimum Gasteiger partial charge on any atom is -0.495 e. The zero-order valence-corrected chi connectivity index (χ0v) is 11.2. The molecule has 0 saturated heterocycles. The molecule has 1 aromatic rings. The van der Waals surface area contributed by atoms with Gasteiger partial charge in [-0.2, -0.15) is 0 Å². The summed E-state index contributed by atoms with van der Waals surface area (Å²) in [6, 6.07) is 5.28. The number of alkyl halides is 1. The molecule has 1 unspecified atom stereocenters. The summed E-state index contributed by atoms with van der Waals surface area (Å²) < 4.78 is 9.91. The molecule has 17 heavy (non-hydrogen) atoms. The Balaban J connectivity index is 2.71. The third kappa shape index (κ3) is 4.10. The van der Waals surface area contributed by atoms with Gasteiger partial charge in [0.1, 0.15) is 11.1 Å². The minimum atomic E-state index is -0.694. The molecule has 0 aliphatic carbocycles. The van der Waals surface area contributed by atoms with Crippen molar-refractivity contribution in [3.63, 3.8) is 0 Å². The average molecular weight is 277 g/mol. The number of esters is 1. The third-order valence-electron chi connectivity index (χ3n) is 2.17. The van der Waals surface area contributed by atoms with Gasteiger partial charge in [-0.1, -0.05) is 17.7 Å². The van der Waals surface area contributed by atoms with E-state index in [2.05, 4.69) is 0 Å². The van der Waals surface area contributed by atoms with Gasteiger partial charge in [0.05, 0.1) is 18.7 Å². The maximum atomic E-state index is 11.4. The molecule has 0 spiro atoms. The number of ether oxygens (including phenoxy) is 2. The van der Waals surface area contributed by atoms with Crippen LogP contribution in [0.25, 0.3) is 0 Å². The lowest BCUT2D eigenvalue weighted by Crippen LogP contribution is -2.20. The summed E-state index contributed by atoms with van der Waals surface area (Å²) >= 11 is 11.8. The van der Waals surface area contributed by atoms with E-state index in [1.54, 1.807) is 25.1 Å². The summed E-state index contributed by atoms with van der Waals surface area (Å²) in [5.41, 5.74) is 0.874. The molecule has 0 radical (unpaired) electrons. The number of hydrogen-bond donors (Lipinski definition) is 0. The van der Waals surface area contributed by atoms with Crippen LogP contribution in [0.4, 0.5) is 0 Å². The molecule has 5 heteroatoms. The SMILES string of the molecule is CCOC(=O)C(Cl)Cc1ccc(Cl)c(OC)c1. The molecule has 0 fully saturated rings. The number of benzene rings is 1. The van der Waals surface area contributed by atoms with Gasteiger partial charge in [0.25, 0.3) is 0 Å². The lowest BCUT2D eigenvalue weighted by molar-refractivity contribution is -0.142. The first kappa shape index (κ1) is 14.1.